The summed E-state index contributed by atoms with van der Waals surface area (Å²) in [6, 6.07) is -1.25. The number of hydrogen-bond donors (Lipinski definition) is 9. The molecule has 0 spiro atoms. The number of aliphatic hydroxyl groups is 7. The molecule has 64 heavy (non-hydrogen) atoms. The number of phosphoric acid groups is 1. The van der Waals surface area contributed by atoms with E-state index in [1.807, 2.05) is 0 Å². The van der Waals surface area contributed by atoms with Crippen molar-refractivity contribution in [2.24, 2.45) is 0 Å². The van der Waals surface area contributed by atoms with E-state index in [2.05, 4.69) is 31.3 Å². The first-order valence-corrected chi connectivity index (χ1v) is 27.4. The van der Waals surface area contributed by atoms with Crippen molar-refractivity contribution in [3.8, 4) is 0 Å². The van der Waals surface area contributed by atoms with E-state index < -0.39 is 75.2 Å². The van der Waals surface area contributed by atoms with Crippen molar-refractivity contribution in [2.45, 2.75) is 281 Å². The Morgan fingerprint density at radius 2 is 0.922 bits per heavy atom. The van der Waals surface area contributed by atoms with Gasteiger partial charge in [-0.25, -0.2) is 4.57 Å². The number of amides is 1. The number of aliphatic hydroxyl groups excluding tert-OH is 7. The van der Waals surface area contributed by atoms with Crippen LogP contribution in [-0.2, 0) is 18.4 Å². The number of unbranched alkanes of at least 4 members (excludes halogenated alkanes) is 28. The van der Waals surface area contributed by atoms with E-state index >= 15 is 0 Å². The molecule has 1 saturated carbocycles. The highest BCUT2D eigenvalue weighted by molar-refractivity contribution is 7.47. The second kappa shape index (κ2) is 39.7. The Hall–Kier alpha value is -1.22. The minimum atomic E-state index is -5.15. The second-order valence-electron chi connectivity index (χ2n) is 18.6. The first kappa shape index (κ1) is 60.8. The number of carbonyl (C=O) groups is 1. The molecule has 0 heterocycles. The number of hydrogen-bond acceptors (Lipinski definition) is 11. The average molecular weight is 934 g/mol. The molecule has 1 aliphatic carbocycles. The Labute approximate surface area is 388 Å². The van der Waals surface area contributed by atoms with E-state index in [-0.39, 0.29) is 6.42 Å². The largest absolute Gasteiger partial charge is 0.472 e. The third kappa shape index (κ3) is 30.9. The lowest BCUT2D eigenvalue weighted by Gasteiger charge is -2.41. The molecule has 8 atom stereocenters. The maximum Gasteiger partial charge on any atom is 0.472 e. The number of nitrogens with one attached hydrogen (secondary N) is 1. The van der Waals surface area contributed by atoms with Gasteiger partial charge in [-0.05, 0) is 32.1 Å². The van der Waals surface area contributed by atoms with E-state index in [1.165, 1.54) is 154 Å². The van der Waals surface area contributed by atoms with Gasteiger partial charge in [-0.15, -0.1) is 0 Å². The van der Waals surface area contributed by atoms with E-state index in [0.717, 1.165) is 44.9 Å². The molecular formula is C50H96NO12P. The van der Waals surface area contributed by atoms with Crippen LogP contribution in [0.15, 0.2) is 24.3 Å². The van der Waals surface area contributed by atoms with Gasteiger partial charge in [0.2, 0.25) is 5.91 Å². The number of carbonyl (C=O) groups excluding carboxylic acids is 1. The lowest BCUT2D eigenvalue weighted by molar-refractivity contribution is -0.220. The summed E-state index contributed by atoms with van der Waals surface area (Å²) < 4.78 is 22.9. The van der Waals surface area contributed by atoms with Crippen LogP contribution in [0.3, 0.4) is 0 Å². The predicted octanol–water partition coefficient (Wildman–Crippen LogP) is 9.54. The zero-order chi connectivity index (χ0) is 47.3. The second-order valence-corrected chi connectivity index (χ2v) is 20.0. The zero-order valence-electron chi connectivity index (χ0n) is 40.2. The van der Waals surface area contributed by atoms with E-state index in [1.54, 1.807) is 6.08 Å². The zero-order valence-corrected chi connectivity index (χ0v) is 41.1. The highest BCUT2D eigenvalue weighted by Crippen LogP contribution is 2.47. The molecule has 0 aromatic carbocycles. The summed E-state index contributed by atoms with van der Waals surface area (Å²) in [5, 5.41) is 74.6. The normalized spacial score (nSPS) is 22.8. The van der Waals surface area contributed by atoms with E-state index in [4.69, 9.17) is 9.05 Å². The van der Waals surface area contributed by atoms with Gasteiger partial charge in [-0.3, -0.25) is 13.8 Å². The molecule has 8 unspecified atom stereocenters. The van der Waals surface area contributed by atoms with Crippen molar-refractivity contribution >= 4 is 13.7 Å². The minimum absolute atomic E-state index is 0.249. The number of rotatable bonds is 43. The van der Waals surface area contributed by atoms with Crippen LogP contribution in [0.5, 0.6) is 0 Å². The van der Waals surface area contributed by atoms with Gasteiger partial charge in [-0.2, -0.15) is 0 Å². The van der Waals surface area contributed by atoms with Crippen molar-refractivity contribution < 1.29 is 59.0 Å². The highest BCUT2D eigenvalue weighted by atomic mass is 31.2. The summed E-state index contributed by atoms with van der Waals surface area (Å²) in [6.07, 6.45) is 31.2. The van der Waals surface area contributed by atoms with Crippen LogP contribution in [0.2, 0.25) is 0 Å². The van der Waals surface area contributed by atoms with Crippen molar-refractivity contribution in [1.82, 2.24) is 5.32 Å². The molecule has 0 radical (unpaired) electrons. The van der Waals surface area contributed by atoms with Gasteiger partial charge in [0, 0.05) is 0 Å². The lowest BCUT2D eigenvalue weighted by atomic mass is 9.85. The van der Waals surface area contributed by atoms with Gasteiger partial charge in [-0.1, -0.05) is 212 Å². The fraction of sp³-hybridized carbons (Fsp3) is 0.900. The van der Waals surface area contributed by atoms with Gasteiger partial charge >= 0.3 is 7.82 Å². The molecule has 9 N–H and O–H groups in total. The van der Waals surface area contributed by atoms with Crippen LogP contribution in [0.4, 0.5) is 0 Å². The molecular weight excluding hydrogens is 838 g/mol. The number of phosphoric ester groups is 1. The van der Waals surface area contributed by atoms with Crippen molar-refractivity contribution in [3.63, 3.8) is 0 Å². The molecule has 14 heteroatoms. The molecule has 0 aliphatic heterocycles. The lowest BCUT2D eigenvalue weighted by Crippen LogP contribution is -2.64. The summed E-state index contributed by atoms with van der Waals surface area (Å²) in [5.74, 6) is -0.600. The molecule has 0 aromatic rings. The minimum Gasteiger partial charge on any atom is -0.393 e. The molecule has 0 saturated heterocycles. The Kier molecular flexibility index (Phi) is 37.8. The SMILES string of the molecule is CCCCCCCCCCCCCCCC/C=C/CC/C=C/C(O)C(COP(=O)(O)OC1C(O)C(O)C(O)C(O)C1O)NC(=O)CC(O)CCCCCCCCCCCCCCCC. The summed E-state index contributed by atoms with van der Waals surface area (Å²) in [7, 11) is -5.15. The van der Waals surface area contributed by atoms with Crippen LogP contribution in [0.25, 0.3) is 0 Å². The van der Waals surface area contributed by atoms with E-state index in [9.17, 15) is 50.0 Å². The fourth-order valence-corrected chi connectivity index (χ4v) is 9.28. The monoisotopic (exact) mass is 934 g/mol. The Balaban J connectivity index is 2.51. The summed E-state index contributed by atoms with van der Waals surface area (Å²) in [5.41, 5.74) is 0. The van der Waals surface area contributed by atoms with Crippen LogP contribution in [0, 0.1) is 0 Å². The molecule has 1 fully saturated rings. The first-order valence-electron chi connectivity index (χ1n) is 25.9. The standard InChI is InChI=1S/C50H96NO12P/c1-3-5-7-9-11-13-15-17-19-20-21-22-23-24-26-28-30-32-34-36-38-43(53)42(40-62-64(60,61)63-50-48(58)46(56)45(55)47(57)49(50)59)51-44(54)39-41(52)37-35-33-31-29-27-25-18-16-14-12-10-8-6-4-2/h28,30,36,38,41-43,45-50,52-53,55-59H,3-27,29,31-35,37,39-40H2,1-2H3,(H,51,54)(H,60,61)/b30-28+,38-36+. The van der Waals surface area contributed by atoms with E-state index in [0.29, 0.717) is 12.8 Å². The van der Waals surface area contributed by atoms with Gasteiger partial charge in [0.25, 0.3) is 0 Å². The van der Waals surface area contributed by atoms with Crippen LogP contribution < -0.4 is 5.32 Å². The van der Waals surface area contributed by atoms with Crippen LogP contribution >= 0.6 is 7.82 Å². The van der Waals surface area contributed by atoms with Crippen molar-refractivity contribution in [3.05, 3.63) is 24.3 Å². The quantitative estimate of drug-likeness (QED) is 0.0158. The molecule has 1 aliphatic rings. The summed E-state index contributed by atoms with van der Waals surface area (Å²) >= 11 is 0. The molecule has 1 amide bonds. The fourth-order valence-electron chi connectivity index (χ4n) is 8.32. The van der Waals surface area contributed by atoms with Gasteiger partial charge < -0.3 is 46.0 Å². The molecule has 378 valence electrons. The van der Waals surface area contributed by atoms with Gasteiger partial charge in [0.1, 0.15) is 36.6 Å². The first-order chi connectivity index (χ1) is 30.8. The summed E-state index contributed by atoms with van der Waals surface area (Å²) in [6.45, 7) is 3.75. The maximum atomic E-state index is 13.0. The maximum absolute atomic E-state index is 13.0. The number of allylic oxidation sites excluding steroid dienone is 3. The topological polar surface area (TPSA) is 226 Å². The van der Waals surface area contributed by atoms with Crippen LogP contribution in [-0.4, -0.2) is 108 Å². The predicted molar refractivity (Wildman–Crippen MR) is 257 cm³/mol. The third-order valence-electron chi connectivity index (χ3n) is 12.5. The van der Waals surface area contributed by atoms with Gasteiger partial charge in [0.15, 0.2) is 0 Å². The Morgan fingerprint density at radius 1 is 0.547 bits per heavy atom. The van der Waals surface area contributed by atoms with Gasteiger partial charge in [0.05, 0.1) is 31.3 Å². The molecule has 1 rings (SSSR count). The smallest absolute Gasteiger partial charge is 0.393 e. The molecule has 13 nitrogen and oxygen atoms in total. The molecule has 0 bridgehead atoms. The third-order valence-corrected chi connectivity index (χ3v) is 13.5. The average Bonchev–Trinajstić information content (AvgIpc) is 3.27. The van der Waals surface area contributed by atoms with Crippen LogP contribution in [0.1, 0.15) is 226 Å². The van der Waals surface area contributed by atoms with Crippen molar-refractivity contribution in [2.75, 3.05) is 6.61 Å². The Morgan fingerprint density at radius 3 is 1.38 bits per heavy atom. The summed E-state index contributed by atoms with van der Waals surface area (Å²) in [4.78, 5) is 23.5. The van der Waals surface area contributed by atoms with Crippen molar-refractivity contribution in [1.29, 1.82) is 0 Å². The highest BCUT2D eigenvalue weighted by Gasteiger charge is 2.51. The molecule has 0 aromatic heterocycles. The Bertz CT molecular complexity index is 1190.